The van der Waals surface area contributed by atoms with Gasteiger partial charge in [0.25, 0.3) is 0 Å². The fourth-order valence-electron chi connectivity index (χ4n) is 2.18. The summed E-state index contributed by atoms with van der Waals surface area (Å²) >= 11 is 6.07. The van der Waals surface area contributed by atoms with Gasteiger partial charge in [-0.05, 0) is 42.4 Å². The molecule has 4 heteroatoms. The summed E-state index contributed by atoms with van der Waals surface area (Å²) in [6.07, 6.45) is 0. The van der Waals surface area contributed by atoms with E-state index in [0.29, 0.717) is 10.8 Å². The zero-order chi connectivity index (χ0) is 14.5. The molecule has 0 saturated carbocycles. The predicted octanol–water partition coefficient (Wildman–Crippen LogP) is 3.67. The van der Waals surface area contributed by atoms with Crippen molar-refractivity contribution in [1.82, 2.24) is 5.32 Å². The Balaban J connectivity index is 2.35. The third kappa shape index (κ3) is 3.06. The normalized spacial score (nSPS) is 12.0. The Kier molecular flexibility index (Phi) is 4.88. The first-order valence-corrected chi connectivity index (χ1v) is 6.72. The Hall–Kier alpha value is -1.71. The average molecular weight is 292 g/mol. The van der Waals surface area contributed by atoms with Crippen LogP contribution in [0.25, 0.3) is 0 Å². The van der Waals surface area contributed by atoms with Crippen LogP contribution in [-0.2, 0) is 0 Å². The highest BCUT2D eigenvalue weighted by Crippen LogP contribution is 2.30. The summed E-state index contributed by atoms with van der Waals surface area (Å²) in [6, 6.07) is 13.9. The number of halogens is 1. The van der Waals surface area contributed by atoms with E-state index in [-0.39, 0.29) is 6.04 Å². The van der Waals surface area contributed by atoms with Gasteiger partial charge in [-0.1, -0.05) is 29.8 Å². The second-order valence-electron chi connectivity index (χ2n) is 4.39. The molecule has 2 rings (SSSR count). The van der Waals surface area contributed by atoms with Crippen LogP contribution in [0.1, 0.15) is 17.2 Å². The lowest BCUT2D eigenvalue weighted by atomic mass is 9.98. The lowest BCUT2D eigenvalue weighted by molar-refractivity contribution is 0.413. The molecule has 0 fully saturated rings. The fraction of sp³-hybridized carbons (Fsp3) is 0.250. The number of hydrogen-bond donors (Lipinski definition) is 1. The summed E-state index contributed by atoms with van der Waals surface area (Å²) in [5.41, 5.74) is 2.25. The van der Waals surface area contributed by atoms with Gasteiger partial charge in [0.15, 0.2) is 0 Å². The number of rotatable bonds is 5. The highest BCUT2D eigenvalue weighted by Gasteiger charge is 2.14. The topological polar surface area (TPSA) is 30.5 Å². The Bertz CT molecular complexity index is 569. The van der Waals surface area contributed by atoms with E-state index in [2.05, 4.69) is 5.32 Å². The van der Waals surface area contributed by atoms with Gasteiger partial charge in [0.1, 0.15) is 11.5 Å². The lowest BCUT2D eigenvalue weighted by Crippen LogP contribution is -2.17. The third-order valence-electron chi connectivity index (χ3n) is 3.25. The number of methoxy groups -OCH3 is 2. The molecule has 0 heterocycles. The maximum Gasteiger partial charge on any atom is 0.137 e. The molecule has 0 aliphatic heterocycles. The predicted molar refractivity (Wildman–Crippen MR) is 81.9 cm³/mol. The van der Waals surface area contributed by atoms with E-state index in [4.69, 9.17) is 21.1 Å². The van der Waals surface area contributed by atoms with Gasteiger partial charge in [0.2, 0.25) is 0 Å². The summed E-state index contributed by atoms with van der Waals surface area (Å²) in [5.74, 6) is 1.52. The van der Waals surface area contributed by atoms with Crippen molar-refractivity contribution in [2.24, 2.45) is 0 Å². The van der Waals surface area contributed by atoms with Crippen molar-refractivity contribution in [3.8, 4) is 11.5 Å². The Morgan fingerprint density at radius 2 is 1.60 bits per heavy atom. The summed E-state index contributed by atoms with van der Waals surface area (Å²) in [5, 5.41) is 3.92. The maximum atomic E-state index is 6.07. The van der Waals surface area contributed by atoms with Gasteiger partial charge in [0.05, 0.1) is 25.3 Å². The summed E-state index contributed by atoms with van der Waals surface area (Å²) in [4.78, 5) is 0. The van der Waals surface area contributed by atoms with Gasteiger partial charge in [-0.25, -0.2) is 0 Å². The highest BCUT2D eigenvalue weighted by atomic mass is 35.5. The second-order valence-corrected chi connectivity index (χ2v) is 4.80. The minimum absolute atomic E-state index is 0.0760. The molecule has 0 amide bonds. The summed E-state index contributed by atoms with van der Waals surface area (Å²) < 4.78 is 10.5. The van der Waals surface area contributed by atoms with Gasteiger partial charge in [0, 0.05) is 0 Å². The van der Waals surface area contributed by atoms with Crippen LogP contribution in [-0.4, -0.2) is 21.3 Å². The molecule has 0 aromatic heterocycles. The fourth-order valence-corrected chi connectivity index (χ4v) is 2.37. The zero-order valence-electron chi connectivity index (χ0n) is 11.8. The number of hydrogen-bond acceptors (Lipinski definition) is 3. The molecule has 2 aromatic rings. The zero-order valence-corrected chi connectivity index (χ0v) is 12.6. The molecule has 0 bridgehead atoms. The monoisotopic (exact) mass is 291 g/mol. The molecule has 20 heavy (non-hydrogen) atoms. The molecule has 3 nitrogen and oxygen atoms in total. The van der Waals surface area contributed by atoms with Crippen molar-refractivity contribution in [3.63, 3.8) is 0 Å². The molecule has 106 valence electrons. The average Bonchev–Trinajstić information content (AvgIpc) is 2.50. The van der Waals surface area contributed by atoms with Crippen LogP contribution in [0, 0.1) is 0 Å². The van der Waals surface area contributed by atoms with E-state index >= 15 is 0 Å². The molecule has 0 aliphatic rings. The summed E-state index contributed by atoms with van der Waals surface area (Å²) in [7, 11) is 5.21. The molecule has 0 radical (unpaired) electrons. The van der Waals surface area contributed by atoms with Gasteiger partial charge in [-0.15, -0.1) is 0 Å². The number of nitrogens with one attached hydrogen (secondary N) is 1. The lowest BCUT2D eigenvalue weighted by Gasteiger charge is -2.18. The second kappa shape index (κ2) is 6.64. The van der Waals surface area contributed by atoms with E-state index in [1.165, 1.54) is 0 Å². The maximum absolute atomic E-state index is 6.07. The van der Waals surface area contributed by atoms with Gasteiger partial charge in [-0.2, -0.15) is 0 Å². The smallest absolute Gasteiger partial charge is 0.137 e. The van der Waals surface area contributed by atoms with Crippen LogP contribution < -0.4 is 14.8 Å². The largest absolute Gasteiger partial charge is 0.497 e. The Morgan fingerprint density at radius 3 is 2.15 bits per heavy atom. The van der Waals surface area contributed by atoms with Crippen LogP contribution in [0.15, 0.2) is 42.5 Å². The van der Waals surface area contributed by atoms with Crippen molar-refractivity contribution < 1.29 is 9.47 Å². The SMILES string of the molecule is CNC(c1ccc(OC)cc1)c1ccc(Cl)c(OC)c1. The number of benzene rings is 2. The van der Waals surface area contributed by atoms with E-state index in [1.807, 2.05) is 49.5 Å². The van der Waals surface area contributed by atoms with E-state index in [9.17, 15) is 0 Å². The molecular formula is C16H18ClNO2. The van der Waals surface area contributed by atoms with Crippen molar-refractivity contribution in [1.29, 1.82) is 0 Å². The van der Waals surface area contributed by atoms with Crippen LogP contribution in [0.3, 0.4) is 0 Å². The van der Waals surface area contributed by atoms with E-state index in [1.54, 1.807) is 14.2 Å². The molecule has 2 aromatic carbocycles. The molecule has 0 aliphatic carbocycles. The molecular weight excluding hydrogens is 274 g/mol. The molecule has 1 N–H and O–H groups in total. The van der Waals surface area contributed by atoms with Crippen molar-refractivity contribution in [2.45, 2.75) is 6.04 Å². The van der Waals surface area contributed by atoms with Crippen LogP contribution in [0.4, 0.5) is 0 Å². The van der Waals surface area contributed by atoms with Crippen LogP contribution >= 0.6 is 11.6 Å². The van der Waals surface area contributed by atoms with Crippen molar-refractivity contribution in [2.75, 3.05) is 21.3 Å². The van der Waals surface area contributed by atoms with Gasteiger partial charge < -0.3 is 14.8 Å². The van der Waals surface area contributed by atoms with E-state index in [0.717, 1.165) is 16.9 Å². The molecule has 0 saturated heterocycles. The Morgan fingerprint density at radius 1 is 0.950 bits per heavy atom. The first-order valence-electron chi connectivity index (χ1n) is 6.34. The van der Waals surface area contributed by atoms with Crippen molar-refractivity contribution >= 4 is 11.6 Å². The highest BCUT2D eigenvalue weighted by molar-refractivity contribution is 6.32. The molecule has 1 atom stereocenters. The Labute approximate surface area is 124 Å². The summed E-state index contributed by atoms with van der Waals surface area (Å²) in [6.45, 7) is 0. The third-order valence-corrected chi connectivity index (χ3v) is 3.56. The molecule has 1 unspecified atom stereocenters. The van der Waals surface area contributed by atoms with E-state index < -0.39 is 0 Å². The number of ether oxygens (including phenoxy) is 2. The minimum atomic E-state index is 0.0760. The minimum Gasteiger partial charge on any atom is -0.497 e. The van der Waals surface area contributed by atoms with Gasteiger partial charge >= 0.3 is 0 Å². The molecule has 0 spiro atoms. The first-order chi connectivity index (χ1) is 9.69. The van der Waals surface area contributed by atoms with Crippen LogP contribution in [0.5, 0.6) is 11.5 Å². The quantitative estimate of drug-likeness (QED) is 0.912. The standard InChI is InChI=1S/C16H18ClNO2/c1-18-16(11-4-7-13(19-2)8-5-11)12-6-9-14(17)15(10-12)20-3/h4-10,16,18H,1-3H3. The van der Waals surface area contributed by atoms with Gasteiger partial charge in [-0.3, -0.25) is 0 Å². The van der Waals surface area contributed by atoms with Crippen molar-refractivity contribution in [3.05, 3.63) is 58.6 Å². The first kappa shape index (κ1) is 14.7. The van der Waals surface area contributed by atoms with Crippen LogP contribution in [0.2, 0.25) is 5.02 Å².